The van der Waals surface area contributed by atoms with Gasteiger partial charge in [0.1, 0.15) is 5.82 Å². The molecule has 0 radical (unpaired) electrons. The minimum Gasteiger partial charge on any atom is -0.478 e. The fourth-order valence-electron chi connectivity index (χ4n) is 3.58. The van der Waals surface area contributed by atoms with E-state index in [-0.39, 0.29) is 5.78 Å². The number of nitrogens with zero attached hydrogens (tertiary/aromatic N) is 2. The number of ether oxygens (including phenoxy) is 1. The lowest BCUT2D eigenvalue weighted by atomic mass is 9.99. The molecule has 33 heavy (non-hydrogen) atoms. The van der Waals surface area contributed by atoms with Crippen molar-refractivity contribution in [2.45, 2.75) is 33.1 Å². The standard InChI is InChI=1S/C27H26FN3O2/c1-3-5-13-33-26-12-11-18(16-30-26)20-14-21-24(15-23(20)28)29-17-22(25(32)4-2)27(21)31-19-9-7-6-8-10-19/h6-12,14-17H,3-5,13H2,1-2H3,(H,29,31). The Bertz CT molecular complexity index is 1260. The number of para-hydroxylation sites is 1. The number of ketones is 1. The summed E-state index contributed by atoms with van der Waals surface area (Å²) in [5.41, 5.74) is 3.39. The summed E-state index contributed by atoms with van der Waals surface area (Å²) in [6, 6.07) is 16.2. The number of halogens is 1. The van der Waals surface area contributed by atoms with Crippen molar-refractivity contribution in [2.24, 2.45) is 0 Å². The summed E-state index contributed by atoms with van der Waals surface area (Å²) in [6.07, 6.45) is 5.45. The van der Waals surface area contributed by atoms with E-state index in [9.17, 15) is 4.79 Å². The highest BCUT2D eigenvalue weighted by molar-refractivity contribution is 6.09. The molecule has 0 atom stereocenters. The van der Waals surface area contributed by atoms with Crippen LogP contribution in [-0.4, -0.2) is 22.4 Å². The number of nitrogens with one attached hydrogen (secondary N) is 1. The van der Waals surface area contributed by atoms with Crippen molar-refractivity contribution in [2.75, 3.05) is 11.9 Å². The Balaban J connectivity index is 1.80. The molecule has 4 rings (SSSR count). The fraction of sp³-hybridized carbons (Fsp3) is 0.222. The SMILES string of the molecule is CCCCOc1ccc(-c2cc3c(Nc4ccccc4)c(C(=O)CC)cnc3cc2F)cn1. The summed E-state index contributed by atoms with van der Waals surface area (Å²) >= 11 is 0. The summed E-state index contributed by atoms with van der Waals surface area (Å²) in [5, 5.41) is 4.01. The first-order valence-corrected chi connectivity index (χ1v) is 11.2. The van der Waals surface area contributed by atoms with Crippen LogP contribution >= 0.6 is 0 Å². The van der Waals surface area contributed by atoms with Crippen molar-refractivity contribution in [3.8, 4) is 17.0 Å². The first kappa shape index (κ1) is 22.4. The van der Waals surface area contributed by atoms with Crippen molar-refractivity contribution in [1.82, 2.24) is 9.97 Å². The second-order valence-electron chi connectivity index (χ2n) is 7.75. The number of hydrogen-bond donors (Lipinski definition) is 1. The molecule has 0 unspecified atom stereocenters. The molecule has 0 aliphatic carbocycles. The van der Waals surface area contributed by atoms with Crippen LogP contribution in [0, 0.1) is 5.82 Å². The molecule has 2 aromatic carbocycles. The normalized spacial score (nSPS) is 10.9. The minimum atomic E-state index is -0.406. The number of hydrogen-bond acceptors (Lipinski definition) is 5. The molecule has 1 N–H and O–H groups in total. The zero-order valence-electron chi connectivity index (χ0n) is 18.8. The Hall–Kier alpha value is -3.80. The van der Waals surface area contributed by atoms with Gasteiger partial charge >= 0.3 is 0 Å². The van der Waals surface area contributed by atoms with Crippen LogP contribution in [-0.2, 0) is 0 Å². The molecule has 0 aliphatic heterocycles. The number of rotatable bonds is 9. The molecule has 0 spiro atoms. The lowest BCUT2D eigenvalue weighted by molar-refractivity contribution is 0.0989. The van der Waals surface area contributed by atoms with E-state index in [1.807, 2.05) is 37.3 Å². The van der Waals surface area contributed by atoms with Gasteiger partial charge in [-0.3, -0.25) is 9.78 Å². The zero-order chi connectivity index (χ0) is 23.2. The molecular formula is C27H26FN3O2. The molecule has 0 bridgehead atoms. The van der Waals surface area contributed by atoms with Gasteiger partial charge in [-0.15, -0.1) is 0 Å². The average molecular weight is 444 g/mol. The van der Waals surface area contributed by atoms with Gasteiger partial charge in [0.05, 0.1) is 23.4 Å². The van der Waals surface area contributed by atoms with Gasteiger partial charge in [0.2, 0.25) is 5.88 Å². The van der Waals surface area contributed by atoms with Crippen LogP contribution in [0.5, 0.6) is 5.88 Å². The van der Waals surface area contributed by atoms with E-state index >= 15 is 4.39 Å². The number of benzene rings is 2. The van der Waals surface area contributed by atoms with E-state index in [1.54, 1.807) is 24.4 Å². The highest BCUT2D eigenvalue weighted by Crippen LogP contribution is 2.35. The van der Waals surface area contributed by atoms with Crippen LogP contribution in [0.4, 0.5) is 15.8 Å². The number of carbonyl (C=O) groups is 1. The van der Waals surface area contributed by atoms with Gasteiger partial charge in [-0.05, 0) is 30.7 Å². The number of aromatic nitrogens is 2. The molecule has 0 amide bonds. The maximum Gasteiger partial charge on any atom is 0.213 e. The monoisotopic (exact) mass is 443 g/mol. The molecule has 0 saturated carbocycles. The smallest absolute Gasteiger partial charge is 0.213 e. The number of fused-ring (bicyclic) bond motifs is 1. The van der Waals surface area contributed by atoms with E-state index in [0.29, 0.717) is 52.2 Å². The largest absolute Gasteiger partial charge is 0.478 e. The van der Waals surface area contributed by atoms with Crippen LogP contribution in [0.25, 0.3) is 22.0 Å². The van der Waals surface area contributed by atoms with E-state index in [2.05, 4.69) is 22.2 Å². The summed E-state index contributed by atoms with van der Waals surface area (Å²) in [7, 11) is 0. The Labute approximate surface area is 192 Å². The second kappa shape index (κ2) is 10.2. The highest BCUT2D eigenvalue weighted by Gasteiger charge is 2.18. The highest BCUT2D eigenvalue weighted by atomic mass is 19.1. The molecule has 0 fully saturated rings. The van der Waals surface area contributed by atoms with Gasteiger partial charge in [-0.1, -0.05) is 38.5 Å². The second-order valence-corrected chi connectivity index (χ2v) is 7.75. The maximum atomic E-state index is 15.1. The Morgan fingerprint density at radius 1 is 1.03 bits per heavy atom. The maximum absolute atomic E-state index is 15.1. The third-order valence-electron chi connectivity index (χ3n) is 5.42. The molecule has 0 aliphatic rings. The molecule has 5 nitrogen and oxygen atoms in total. The summed E-state index contributed by atoms with van der Waals surface area (Å²) in [5.74, 6) is 0.0676. The Morgan fingerprint density at radius 3 is 2.55 bits per heavy atom. The van der Waals surface area contributed by atoms with E-state index in [0.717, 1.165) is 18.5 Å². The summed E-state index contributed by atoms with van der Waals surface area (Å²) < 4.78 is 20.7. The Morgan fingerprint density at radius 2 is 1.85 bits per heavy atom. The third kappa shape index (κ3) is 5.00. The van der Waals surface area contributed by atoms with Crippen molar-refractivity contribution < 1.29 is 13.9 Å². The predicted octanol–water partition coefficient (Wildman–Crippen LogP) is 6.95. The molecule has 6 heteroatoms. The third-order valence-corrected chi connectivity index (χ3v) is 5.42. The van der Waals surface area contributed by atoms with Crippen LogP contribution in [0.1, 0.15) is 43.5 Å². The van der Waals surface area contributed by atoms with Crippen molar-refractivity contribution in [1.29, 1.82) is 0 Å². The molecule has 2 aromatic heterocycles. The minimum absolute atomic E-state index is 0.0380. The van der Waals surface area contributed by atoms with Crippen LogP contribution in [0.2, 0.25) is 0 Å². The van der Waals surface area contributed by atoms with Gasteiger partial charge in [0, 0.05) is 53.1 Å². The zero-order valence-corrected chi connectivity index (χ0v) is 18.8. The van der Waals surface area contributed by atoms with Crippen LogP contribution < -0.4 is 10.1 Å². The number of unbranched alkanes of at least 4 members (excludes halogenated alkanes) is 1. The molecule has 4 aromatic rings. The number of Topliss-reactive ketones (excluding diaryl/α,β-unsaturated/α-hetero) is 1. The summed E-state index contributed by atoms with van der Waals surface area (Å²) in [4.78, 5) is 21.3. The quantitative estimate of drug-likeness (QED) is 0.224. The molecule has 0 saturated heterocycles. The molecular weight excluding hydrogens is 417 g/mol. The van der Waals surface area contributed by atoms with Crippen molar-refractivity contribution in [3.05, 3.63) is 78.4 Å². The van der Waals surface area contributed by atoms with Gasteiger partial charge in [0.15, 0.2) is 5.78 Å². The lowest BCUT2D eigenvalue weighted by Crippen LogP contribution is -2.05. The fourth-order valence-corrected chi connectivity index (χ4v) is 3.58. The van der Waals surface area contributed by atoms with E-state index in [4.69, 9.17) is 4.74 Å². The lowest BCUT2D eigenvalue weighted by Gasteiger charge is -2.15. The predicted molar refractivity (Wildman–Crippen MR) is 130 cm³/mol. The van der Waals surface area contributed by atoms with E-state index < -0.39 is 5.82 Å². The van der Waals surface area contributed by atoms with Gasteiger partial charge in [-0.2, -0.15) is 0 Å². The molecule has 168 valence electrons. The van der Waals surface area contributed by atoms with Crippen LogP contribution in [0.3, 0.4) is 0 Å². The number of anilines is 2. The number of carbonyl (C=O) groups excluding carboxylic acids is 1. The van der Waals surface area contributed by atoms with Gasteiger partial charge in [-0.25, -0.2) is 9.37 Å². The number of pyridine rings is 2. The molecule has 2 heterocycles. The van der Waals surface area contributed by atoms with E-state index in [1.165, 1.54) is 12.3 Å². The topological polar surface area (TPSA) is 64.1 Å². The van der Waals surface area contributed by atoms with Crippen LogP contribution in [0.15, 0.2) is 67.0 Å². The first-order chi connectivity index (χ1) is 16.1. The Kier molecular flexibility index (Phi) is 6.93. The van der Waals surface area contributed by atoms with Crippen molar-refractivity contribution in [3.63, 3.8) is 0 Å². The summed E-state index contributed by atoms with van der Waals surface area (Å²) in [6.45, 7) is 4.50. The first-order valence-electron chi connectivity index (χ1n) is 11.2. The van der Waals surface area contributed by atoms with Gasteiger partial charge < -0.3 is 10.1 Å². The average Bonchev–Trinajstić information content (AvgIpc) is 2.85. The van der Waals surface area contributed by atoms with Crippen molar-refractivity contribution >= 4 is 28.1 Å². The van der Waals surface area contributed by atoms with Gasteiger partial charge in [0.25, 0.3) is 0 Å².